The zero-order chi connectivity index (χ0) is 29.1. The molecule has 0 saturated heterocycles. The summed E-state index contributed by atoms with van der Waals surface area (Å²) < 4.78 is 0. The van der Waals surface area contributed by atoms with Crippen molar-refractivity contribution in [3.8, 4) is 0 Å². The number of carbonyl (C=O) groups excluding carboxylic acids is 3. The third-order valence-corrected chi connectivity index (χ3v) is 6.01. The molecular formula is C29H51N5O4. The molecule has 0 aliphatic carbocycles. The third kappa shape index (κ3) is 12.7. The lowest BCUT2D eigenvalue weighted by Crippen LogP contribution is -2.60. The van der Waals surface area contributed by atoms with Crippen LogP contribution in [0.4, 0.5) is 4.79 Å². The highest BCUT2D eigenvalue weighted by Gasteiger charge is 2.35. The second-order valence-electron chi connectivity index (χ2n) is 12.6. The van der Waals surface area contributed by atoms with E-state index in [1.165, 1.54) is 0 Å². The fourth-order valence-corrected chi connectivity index (χ4v) is 3.91. The van der Waals surface area contributed by atoms with Crippen molar-refractivity contribution < 1.29 is 19.5 Å². The van der Waals surface area contributed by atoms with E-state index in [2.05, 4.69) is 35.1 Å². The Morgan fingerprint density at radius 1 is 0.974 bits per heavy atom. The van der Waals surface area contributed by atoms with Crippen molar-refractivity contribution in [2.24, 2.45) is 11.3 Å². The largest absolute Gasteiger partial charge is 0.389 e. The predicted octanol–water partition coefficient (Wildman–Crippen LogP) is 2.68. The van der Waals surface area contributed by atoms with Gasteiger partial charge in [0.05, 0.1) is 25.2 Å². The van der Waals surface area contributed by atoms with Crippen molar-refractivity contribution in [2.75, 3.05) is 26.7 Å². The lowest BCUT2D eigenvalue weighted by Gasteiger charge is -2.35. The third-order valence-electron chi connectivity index (χ3n) is 6.01. The smallest absolute Gasteiger partial charge is 0.317 e. The van der Waals surface area contributed by atoms with Crippen LogP contribution >= 0.6 is 0 Å². The number of hydrogen-bond donors (Lipinski definition) is 5. The van der Waals surface area contributed by atoms with Crippen LogP contribution in [-0.2, 0) is 16.0 Å². The number of aliphatic hydroxyl groups is 1. The highest BCUT2D eigenvalue weighted by molar-refractivity contribution is 5.89. The summed E-state index contributed by atoms with van der Waals surface area (Å²) in [5, 5.41) is 23.0. The predicted molar refractivity (Wildman–Crippen MR) is 153 cm³/mol. The average molecular weight is 534 g/mol. The van der Waals surface area contributed by atoms with E-state index in [0.717, 1.165) is 12.0 Å². The number of nitrogens with one attached hydrogen (secondary N) is 4. The second kappa shape index (κ2) is 15.1. The SMILES string of the molecule is CNCC(=O)N[C@@H](C(=O)N[C@H](Cc1ccccc1)[C@@H](O)CN(CCC(C)C)C(=O)NC(C)(C)C)C(C)(C)C. The second-order valence-corrected chi connectivity index (χ2v) is 12.6. The highest BCUT2D eigenvalue weighted by atomic mass is 16.3. The maximum absolute atomic E-state index is 13.5. The summed E-state index contributed by atoms with van der Waals surface area (Å²) in [6, 6.07) is 7.84. The fraction of sp³-hybridized carbons (Fsp3) is 0.690. The molecule has 0 aliphatic heterocycles. The van der Waals surface area contributed by atoms with Crippen molar-refractivity contribution >= 4 is 17.8 Å². The molecule has 0 fully saturated rings. The molecule has 0 unspecified atom stereocenters. The maximum Gasteiger partial charge on any atom is 0.317 e. The van der Waals surface area contributed by atoms with Crippen molar-refractivity contribution in [3.63, 3.8) is 0 Å². The minimum atomic E-state index is -1.04. The number of hydrogen-bond acceptors (Lipinski definition) is 5. The van der Waals surface area contributed by atoms with Gasteiger partial charge < -0.3 is 31.3 Å². The van der Waals surface area contributed by atoms with Crippen LogP contribution in [0, 0.1) is 11.3 Å². The molecule has 1 aromatic rings. The van der Waals surface area contributed by atoms with E-state index in [0.29, 0.717) is 18.9 Å². The lowest BCUT2D eigenvalue weighted by molar-refractivity contribution is -0.132. The van der Waals surface area contributed by atoms with Crippen LogP contribution in [0.3, 0.4) is 0 Å². The summed E-state index contributed by atoms with van der Waals surface area (Å²) in [6.07, 6.45) is 0.114. The Morgan fingerprint density at radius 3 is 2.08 bits per heavy atom. The normalized spacial score (nSPS) is 14.4. The summed E-state index contributed by atoms with van der Waals surface area (Å²) in [5.41, 5.74) is -0.0522. The molecule has 3 atom stereocenters. The van der Waals surface area contributed by atoms with Gasteiger partial charge in [0, 0.05) is 12.1 Å². The zero-order valence-electron chi connectivity index (χ0n) is 24.9. The van der Waals surface area contributed by atoms with Crippen molar-refractivity contribution in [1.29, 1.82) is 0 Å². The summed E-state index contributed by atoms with van der Waals surface area (Å²) in [5.74, 6) is -0.290. The highest BCUT2D eigenvalue weighted by Crippen LogP contribution is 2.20. The summed E-state index contributed by atoms with van der Waals surface area (Å²) >= 11 is 0. The first-order valence-corrected chi connectivity index (χ1v) is 13.6. The van der Waals surface area contributed by atoms with Crippen LogP contribution < -0.4 is 21.3 Å². The molecule has 38 heavy (non-hydrogen) atoms. The molecule has 4 amide bonds. The first kappa shape index (κ1) is 33.4. The summed E-state index contributed by atoms with van der Waals surface area (Å²) in [6.45, 7) is 16.2. The molecule has 1 rings (SSSR count). The first-order valence-electron chi connectivity index (χ1n) is 13.6. The van der Waals surface area contributed by atoms with Gasteiger partial charge in [0.2, 0.25) is 11.8 Å². The summed E-state index contributed by atoms with van der Waals surface area (Å²) in [7, 11) is 1.67. The number of aliphatic hydroxyl groups excluding tert-OH is 1. The van der Waals surface area contributed by atoms with Gasteiger partial charge in [-0.3, -0.25) is 9.59 Å². The number of nitrogens with zero attached hydrogens (tertiary/aromatic N) is 1. The van der Waals surface area contributed by atoms with Gasteiger partial charge in [-0.15, -0.1) is 0 Å². The number of rotatable bonds is 13. The standard InChI is InChI=1S/C29H51N5O4/c1-20(2)15-16-34(27(38)33-29(6,7)8)19-23(35)22(17-21-13-11-10-12-14-21)31-26(37)25(28(3,4)5)32-24(36)18-30-9/h10-14,20,22-23,25,30,35H,15-19H2,1-9H3,(H,31,37)(H,32,36)(H,33,38)/t22-,23+,25+/m1/s1. The van der Waals surface area contributed by atoms with Crippen LogP contribution in [-0.4, -0.2) is 78.3 Å². The number of carbonyl (C=O) groups is 3. The molecule has 5 N–H and O–H groups in total. The van der Waals surface area contributed by atoms with Gasteiger partial charge >= 0.3 is 6.03 Å². The first-order chi connectivity index (χ1) is 17.5. The Labute approximate surface area is 229 Å². The zero-order valence-corrected chi connectivity index (χ0v) is 24.9. The molecule has 0 spiro atoms. The number of urea groups is 1. The van der Waals surface area contributed by atoms with E-state index in [-0.39, 0.29) is 30.9 Å². The summed E-state index contributed by atoms with van der Waals surface area (Å²) in [4.78, 5) is 40.5. The number of likely N-dealkylation sites (N-methyl/N-ethyl adjacent to an activating group) is 1. The van der Waals surface area contributed by atoms with E-state index < -0.39 is 29.1 Å². The van der Waals surface area contributed by atoms with Gasteiger partial charge in [0.25, 0.3) is 0 Å². The number of benzene rings is 1. The van der Waals surface area contributed by atoms with Crippen LogP contribution in [0.1, 0.15) is 67.4 Å². The Kier molecular flexibility index (Phi) is 13.2. The van der Waals surface area contributed by atoms with E-state index in [4.69, 9.17) is 0 Å². The molecule has 0 saturated carbocycles. The molecule has 1 aromatic carbocycles. The van der Waals surface area contributed by atoms with Crippen LogP contribution in [0.2, 0.25) is 0 Å². The molecule has 0 heterocycles. The number of amides is 4. The minimum Gasteiger partial charge on any atom is -0.389 e. The monoisotopic (exact) mass is 533 g/mol. The lowest BCUT2D eigenvalue weighted by atomic mass is 9.85. The Balaban J connectivity index is 3.22. The van der Waals surface area contributed by atoms with Gasteiger partial charge in [-0.05, 0) is 57.6 Å². The Bertz CT molecular complexity index is 877. The minimum absolute atomic E-state index is 0.0543. The molecule has 0 aliphatic rings. The molecule has 9 heteroatoms. The van der Waals surface area contributed by atoms with Gasteiger partial charge in [0.15, 0.2) is 0 Å². The quantitative estimate of drug-likeness (QED) is 0.267. The van der Waals surface area contributed by atoms with Crippen LogP contribution in [0.15, 0.2) is 30.3 Å². The molecular weight excluding hydrogens is 482 g/mol. The van der Waals surface area contributed by atoms with Crippen molar-refractivity contribution in [3.05, 3.63) is 35.9 Å². The van der Waals surface area contributed by atoms with E-state index in [1.54, 1.807) is 11.9 Å². The van der Waals surface area contributed by atoms with Gasteiger partial charge in [-0.25, -0.2) is 4.79 Å². The molecule has 0 bridgehead atoms. The maximum atomic E-state index is 13.5. The van der Waals surface area contributed by atoms with Crippen molar-refractivity contribution in [1.82, 2.24) is 26.2 Å². The van der Waals surface area contributed by atoms with Gasteiger partial charge in [-0.2, -0.15) is 0 Å². The molecule has 9 nitrogen and oxygen atoms in total. The average Bonchev–Trinajstić information content (AvgIpc) is 2.78. The Morgan fingerprint density at radius 2 is 1.58 bits per heavy atom. The fourth-order valence-electron chi connectivity index (χ4n) is 3.91. The van der Waals surface area contributed by atoms with E-state index >= 15 is 0 Å². The molecule has 0 aromatic heterocycles. The Hall–Kier alpha value is -2.65. The van der Waals surface area contributed by atoms with Crippen LogP contribution in [0.5, 0.6) is 0 Å². The topological polar surface area (TPSA) is 123 Å². The van der Waals surface area contributed by atoms with E-state index in [9.17, 15) is 19.5 Å². The van der Waals surface area contributed by atoms with Gasteiger partial charge in [0.1, 0.15) is 6.04 Å². The molecule has 216 valence electrons. The van der Waals surface area contributed by atoms with Crippen LogP contribution in [0.25, 0.3) is 0 Å². The molecule has 0 radical (unpaired) electrons. The van der Waals surface area contributed by atoms with E-state index in [1.807, 2.05) is 71.9 Å². The van der Waals surface area contributed by atoms with Crippen molar-refractivity contribution in [2.45, 2.75) is 92.0 Å². The van der Waals surface area contributed by atoms with Gasteiger partial charge in [-0.1, -0.05) is 65.0 Å².